The lowest BCUT2D eigenvalue weighted by molar-refractivity contribution is -0.164. The molecule has 0 fully saturated rings. The zero-order valence-corrected chi connectivity index (χ0v) is 15.8. The Balaban J connectivity index is 1.61. The molecule has 0 unspecified atom stereocenters. The predicted octanol–water partition coefficient (Wildman–Crippen LogP) is 4.48. The number of furan rings is 1. The second-order valence-electron chi connectivity index (χ2n) is 6.45. The van der Waals surface area contributed by atoms with Crippen LogP contribution in [0.25, 0.3) is 0 Å². The van der Waals surface area contributed by atoms with Gasteiger partial charge >= 0.3 is 6.18 Å². The number of halogens is 3. The summed E-state index contributed by atoms with van der Waals surface area (Å²) in [4.78, 5) is 25.3. The van der Waals surface area contributed by atoms with Crippen LogP contribution in [0, 0.1) is 0 Å². The molecule has 1 amide bonds. The van der Waals surface area contributed by atoms with Gasteiger partial charge in [-0.3, -0.25) is 9.59 Å². The molecule has 0 saturated heterocycles. The second-order valence-corrected chi connectivity index (χ2v) is 6.45. The highest BCUT2D eigenvalue weighted by molar-refractivity contribution is 6.08. The van der Waals surface area contributed by atoms with Gasteiger partial charge in [0.15, 0.2) is 12.4 Å². The summed E-state index contributed by atoms with van der Waals surface area (Å²) in [6.45, 7) is -2.32. The third-order valence-corrected chi connectivity index (χ3v) is 4.16. The fourth-order valence-electron chi connectivity index (χ4n) is 2.73. The minimum Gasteiger partial charge on any atom is -0.484 e. The first-order chi connectivity index (χ1) is 14.3. The number of carbonyl (C=O) groups excluding carboxylic acids is 2. The first-order valence-corrected chi connectivity index (χ1v) is 9.01. The maximum atomic E-state index is 12.8. The summed E-state index contributed by atoms with van der Waals surface area (Å²) in [5, 5.41) is 0. The third kappa shape index (κ3) is 5.97. The van der Waals surface area contributed by atoms with Gasteiger partial charge in [-0.1, -0.05) is 30.3 Å². The van der Waals surface area contributed by atoms with Gasteiger partial charge in [0.05, 0.1) is 12.8 Å². The number of rotatable bonds is 8. The Morgan fingerprint density at radius 3 is 2.17 bits per heavy atom. The first kappa shape index (κ1) is 21.2. The number of nitrogens with zero attached hydrogens (tertiary/aromatic N) is 1. The van der Waals surface area contributed by atoms with Gasteiger partial charge in [0.25, 0.3) is 5.91 Å². The lowest BCUT2D eigenvalue weighted by atomic mass is 10.0. The van der Waals surface area contributed by atoms with Crippen molar-refractivity contribution in [2.75, 3.05) is 13.2 Å². The fourth-order valence-corrected chi connectivity index (χ4v) is 2.73. The molecular weight excluding hydrogens is 399 g/mol. The summed E-state index contributed by atoms with van der Waals surface area (Å²) in [6.07, 6.45) is -3.23. The van der Waals surface area contributed by atoms with Crippen LogP contribution in [0.15, 0.2) is 77.4 Å². The molecule has 0 radical (unpaired) electrons. The van der Waals surface area contributed by atoms with Crippen LogP contribution in [-0.2, 0) is 11.3 Å². The lowest BCUT2D eigenvalue weighted by Crippen LogP contribution is -2.40. The van der Waals surface area contributed by atoms with Gasteiger partial charge in [0, 0.05) is 11.1 Å². The standard InChI is InChI=1S/C22H18F3NO4/c23-22(24,25)15-26(13-19-7-4-12-29-19)20(27)14-30-18-10-8-17(9-11-18)21(28)16-5-2-1-3-6-16/h1-12H,13-15H2. The second kappa shape index (κ2) is 9.30. The number of ether oxygens (including phenoxy) is 1. The van der Waals surface area contributed by atoms with Gasteiger partial charge in [0.2, 0.25) is 0 Å². The molecule has 8 heteroatoms. The van der Waals surface area contributed by atoms with Crippen molar-refractivity contribution in [2.45, 2.75) is 12.7 Å². The van der Waals surface area contributed by atoms with Gasteiger partial charge in [-0.15, -0.1) is 0 Å². The summed E-state index contributed by atoms with van der Waals surface area (Å²) in [5.41, 5.74) is 0.957. The molecule has 0 aliphatic rings. The van der Waals surface area contributed by atoms with Crippen LogP contribution in [0.2, 0.25) is 0 Å². The quantitative estimate of drug-likeness (QED) is 0.507. The number of carbonyl (C=O) groups is 2. The Morgan fingerprint density at radius 1 is 0.900 bits per heavy atom. The van der Waals surface area contributed by atoms with E-state index in [1.807, 2.05) is 0 Å². The molecule has 30 heavy (non-hydrogen) atoms. The molecule has 0 aliphatic carbocycles. The molecule has 1 heterocycles. The van der Waals surface area contributed by atoms with Crippen LogP contribution in [0.3, 0.4) is 0 Å². The van der Waals surface area contributed by atoms with E-state index in [0.29, 0.717) is 16.0 Å². The average Bonchev–Trinajstić information content (AvgIpc) is 3.24. The molecule has 2 aromatic carbocycles. The summed E-state index contributed by atoms with van der Waals surface area (Å²) in [5.74, 6) is -0.518. The highest BCUT2D eigenvalue weighted by Gasteiger charge is 2.33. The lowest BCUT2D eigenvalue weighted by Gasteiger charge is -2.23. The maximum Gasteiger partial charge on any atom is 0.406 e. The Kier molecular flexibility index (Phi) is 6.56. The van der Waals surface area contributed by atoms with Crippen molar-refractivity contribution >= 4 is 11.7 Å². The van der Waals surface area contributed by atoms with Crippen molar-refractivity contribution in [1.82, 2.24) is 4.90 Å². The number of hydrogen-bond donors (Lipinski definition) is 0. The molecular formula is C22H18F3NO4. The first-order valence-electron chi connectivity index (χ1n) is 9.01. The van der Waals surface area contributed by atoms with Crippen molar-refractivity contribution in [3.63, 3.8) is 0 Å². The zero-order valence-electron chi connectivity index (χ0n) is 15.8. The van der Waals surface area contributed by atoms with Crippen molar-refractivity contribution in [2.24, 2.45) is 0 Å². The SMILES string of the molecule is O=C(c1ccccc1)c1ccc(OCC(=O)N(Cc2ccco2)CC(F)(F)F)cc1. The van der Waals surface area contributed by atoms with Crippen LogP contribution in [0.5, 0.6) is 5.75 Å². The van der Waals surface area contributed by atoms with Crippen molar-refractivity contribution in [3.8, 4) is 5.75 Å². The van der Waals surface area contributed by atoms with Gasteiger partial charge in [-0.05, 0) is 36.4 Å². The number of ketones is 1. The van der Waals surface area contributed by atoms with Gasteiger partial charge in [0.1, 0.15) is 18.1 Å². The molecule has 156 valence electrons. The van der Waals surface area contributed by atoms with Crippen LogP contribution in [0.4, 0.5) is 13.2 Å². The summed E-state index contributed by atoms with van der Waals surface area (Å²) < 4.78 is 48.8. The monoisotopic (exact) mass is 417 g/mol. The Bertz CT molecular complexity index is 968. The molecule has 1 aromatic heterocycles. The summed E-state index contributed by atoms with van der Waals surface area (Å²) in [6, 6.07) is 17.8. The number of alkyl halides is 3. The highest BCUT2D eigenvalue weighted by atomic mass is 19.4. The van der Waals surface area contributed by atoms with Crippen molar-refractivity contribution < 1.29 is 31.9 Å². The van der Waals surface area contributed by atoms with E-state index in [-0.39, 0.29) is 23.8 Å². The van der Waals surface area contributed by atoms with Crippen molar-refractivity contribution in [1.29, 1.82) is 0 Å². The Morgan fingerprint density at radius 2 is 1.57 bits per heavy atom. The highest BCUT2D eigenvalue weighted by Crippen LogP contribution is 2.20. The average molecular weight is 417 g/mol. The van der Waals surface area contributed by atoms with E-state index >= 15 is 0 Å². The van der Waals surface area contributed by atoms with Gasteiger partial charge in [-0.2, -0.15) is 13.2 Å². The summed E-state index contributed by atoms with van der Waals surface area (Å²) in [7, 11) is 0. The molecule has 3 aromatic rings. The number of benzene rings is 2. The smallest absolute Gasteiger partial charge is 0.406 e. The zero-order chi connectivity index (χ0) is 21.6. The Labute approximate surface area is 170 Å². The van der Waals surface area contributed by atoms with E-state index < -0.39 is 25.2 Å². The predicted molar refractivity (Wildman–Crippen MR) is 102 cm³/mol. The van der Waals surface area contributed by atoms with E-state index in [9.17, 15) is 22.8 Å². The third-order valence-electron chi connectivity index (χ3n) is 4.16. The molecule has 0 bridgehead atoms. The Hall–Kier alpha value is -3.55. The van der Waals surface area contributed by atoms with Crippen LogP contribution in [-0.4, -0.2) is 35.9 Å². The molecule has 0 N–H and O–H groups in total. The fraction of sp³-hybridized carbons (Fsp3) is 0.182. The minimum absolute atomic E-state index is 0.173. The molecule has 5 nitrogen and oxygen atoms in total. The maximum absolute atomic E-state index is 12.8. The number of hydrogen-bond acceptors (Lipinski definition) is 4. The van der Waals surface area contributed by atoms with E-state index in [4.69, 9.17) is 9.15 Å². The van der Waals surface area contributed by atoms with E-state index in [1.54, 1.807) is 30.3 Å². The molecule has 0 aliphatic heterocycles. The molecule has 0 saturated carbocycles. The topological polar surface area (TPSA) is 59.8 Å². The van der Waals surface area contributed by atoms with E-state index in [1.165, 1.54) is 42.7 Å². The van der Waals surface area contributed by atoms with Crippen LogP contribution >= 0.6 is 0 Å². The van der Waals surface area contributed by atoms with Gasteiger partial charge < -0.3 is 14.1 Å². The molecule has 0 spiro atoms. The normalized spacial score (nSPS) is 11.2. The summed E-state index contributed by atoms with van der Waals surface area (Å²) >= 11 is 0. The van der Waals surface area contributed by atoms with Gasteiger partial charge in [-0.25, -0.2) is 0 Å². The van der Waals surface area contributed by atoms with E-state index in [2.05, 4.69) is 0 Å². The van der Waals surface area contributed by atoms with Crippen molar-refractivity contribution in [3.05, 3.63) is 89.9 Å². The number of amides is 1. The molecule has 0 atom stereocenters. The van der Waals surface area contributed by atoms with Crippen LogP contribution < -0.4 is 4.74 Å². The minimum atomic E-state index is -4.55. The molecule has 3 rings (SSSR count). The van der Waals surface area contributed by atoms with Crippen LogP contribution in [0.1, 0.15) is 21.7 Å². The largest absolute Gasteiger partial charge is 0.484 e. The van der Waals surface area contributed by atoms with E-state index in [0.717, 1.165) is 0 Å².